The summed E-state index contributed by atoms with van der Waals surface area (Å²) in [6, 6.07) is 12.0. The van der Waals surface area contributed by atoms with Crippen LogP contribution in [0, 0.1) is 0 Å². The highest BCUT2D eigenvalue weighted by Gasteiger charge is 2.37. The molecule has 2 aliphatic rings. The van der Waals surface area contributed by atoms with E-state index in [4.69, 9.17) is 8.83 Å². The molecule has 6 nitrogen and oxygen atoms in total. The Morgan fingerprint density at radius 3 is 2.45 bits per heavy atom. The van der Waals surface area contributed by atoms with Gasteiger partial charge in [-0.05, 0) is 79.6 Å². The minimum atomic E-state index is -0.923. The molecule has 0 bridgehead atoms. The molecule has 1 atom stereocenters. The number of benzene rings is 1. The summed E-state index contributed by atoms with van der Waals surface area (Å²) in [5.41, 5.74) is 3.20. The Balaban J connectivity index is 1.57. The van der Waals surface area contributed by atoms with Gasteiger partial charge in [0.1, 0.15) is 5.76 Å². The molecule has 1 fully saturated rings. The second kappa shape index (κ2) is 8.46. The van der Waals surface area contributed by atoms with E-state index in [1.54, 1.807) is 24.3 Å². The van der Waals surface area contributed by atoms with Gasteiger partial charge in [0.15, 0.2) is 11.8 Å². The number of furan rings is 2. The fourth-order valence-corrected chi connectivity index (χ4v) is 4.78. The van der Waals surface area contributed by atoms with Crippen molar-refractivity contribution in [3.63, 3.8) is 0 Å². The van der Waals surface area contributed by atoms with Crippen LogP contribution in [0.25, 0.3) is 0 Å². The molecule has 5 rings (SSSR count). The average Bonchev–Trinajstić information content (AvgIpc) is 3.57. The van der Waals surface area contributed by atoms with Crippen LogP contribution >= 0.6 is 0 Å². The monoisotopic (exact) mass is 418 g/mol. The van der Waals surface area contributed by atoms with Crippen LogP contribution in [0.1, 0.15) is 65.6 Å². The molecule has 31 heavy (non-hydrogen) atoms. The molecular formula is C25H26N2O4. The number of hydrogen-bond acceptors (Lipinski definition) is 4. The number of rotatable bonds is 6. The molecule has 1 saturated carbocycles. The topological polar surface area (TPSA) is 75.7 Å². The van der Waals surface area contributed by atoms with Gasteiger partial charge in [-0.3, -0.25) is 14.5 Å². The van der Waals surface area contributed by atoms with E-state index in [2.05, 4.69) is 11.4 Å². The molecule has 0 spiro atoms. The maximum Gasteiger partial charge on any atom is 0.295 e. The van der Waals surface area contributed by atoms with Crippen molar-refractivity contribution in [1.29, 1.82) is 0 Å². The van der Waals surface area contributed by atoms with Crippen molar-refractivity contribution in [1.82, 2.24) is 5.32 Å². The lowest BCUT2D eigenvalue weighted by atomic mass is 10.1. The van der Waals surface area contributed by atoms with Gasteiger partial charge in [0.25, 0.3) is 11.8 Å². The highest BCUT2D eigenvalue weighted by atomic mass is 16.3. The lowest BCUT2D eigenvalue weighted by molar-refractivity contribution is -0.123. The SMILES string of the molecule is O=C(NC1CCCC1)[C@H](c1ccco1)N(C(=O)c1ccco1)c1ccc2c(c1)CCC2. The minimum absolute atomic E-state index is 0.130. The van der Waals surface area contributed by atoms with Gasteiger partial charge in [-0.2, -0.15) is 0 Å². The molecule has 3 aromatic rings. The molecule has 2 heterocycles. The summed E-state index contributed by atoms with van der Waals surface area (Å²) in [6.07, 6.45) is 10.3. The van der Waals surface area contributed by atoms with Crippen LogP contribution in [0.3, 0.4) is 0 Å². The maximum absolute atomic E-state index is 13.6. The van der Waals surface area contributed by atoms with Gasteiger partial charge in [0.2, 0.25) is 0 Å². The number of anilines is 1. The molecule has 0 saturated heterocycles. The molecule has 2 aromatic heterocycles. The lowest BCUT2D eigenvalue weighted by Gasteiger charge is -2.30. The van der Waals surface area contributed by atoms with E-state index in [-0.39, 0.29) is 23.6 Å². The van der Waals surface area contributed by atoms with Crippen LogP contribution < -0.4 is 10.2 Å². The first-order valence-corrected chi connectivity index (χ1v) is 11.0. The Labute approximate surface area is 181 Å². The highest BCUT2D eigenvalue weighted by Crippen LogP contribution is 2.34. The predicted molar refractivity (Wildman–Crippen MR) is 116 cm³/mol. The van der Waals surface area contributed by atoms with Gasteiger partial charge in [-0.25, -0.2) is 0 Å². The number of nitrogens with zero attached hydrogens (tertiary/aromatic N) is 1. The molecule has 2 amide bonds. The molecule has 0 aliphatic heterocycles. The number of carbonyl (C=O) groups is 2. The third-order valence-electron chi connectivity index (χ3n) is 6.33. The molecule has 160 valence electrons. The third-order valence-corrected chi connectivity index (χ3v) is 6.33. The fraction of sp³-hybridized carbons (Fsp3) is 0.360. The number of amides is 2. The van der Waals surface area contributed by atoms with Crippen molar-refractivity contribution in [2.75, 3.05) is 4.90 Å². The molecule has 6 heteroatoms. The summed E-state index contributed by atoms with van der Waals surface area (Å²) in [4.78, 5) is 28.6. The van der Waals surface area contributed by atoms with Gasteiger partial charge in [-0.15, -0.1) is 0 Å². The van der Waals surface area contributed by atoms with E-state index < -0.39 is 6.04 Å². The Bertz CT molecular complexity index is 1050. The minimum Gasteiger partial charge on any atom is -0.467 e. The third kappa shape index (κ3) is 3.90. The first-order valence-electron chi connectivity index (χ1n) is 11.0. The summed E-state index contributed by atoms with van der Waals surface area (Å²) in [7, 11) is 0. The highest BCUT2D eigenvalue weighted by molar-refractivity contribution is 6.08. The van der Waals surface area contributed by atoms with Crippen molar-refractivity contribution < 1.29 is 18.4 Å². The smallest absolute Gasteiger partial charge is 0.295 e. The number of hydrogen-bond donors (Lipinski definition) is 1. The van der Waals surface area contributed by atoms with Crippen molar-refractivity contribution in [2.45, 2.75) is 57.0 Å². The second-order valence-electron chi connectivity index (χ2n) is 8.37. The van der Waals surface area contributed by atoms with Gasteiger partial charge in [0, 0.05) is 11.7 Å². The quantitative estimate of drug-likeness (QED) is 0.623. The van der Waals surface area contributed by atoms with E-state index in [0.717, 1.165) is 44.9 Å². The van der Waals surface area contributed by atoms with Gasteiger partial charge < -0.3 is 14.2 Å². The van der Waals surface area contributed by atoms with Crippen LogP contribution in [0.15, 0.2) is 63.8 Å². The van der Waals surface area contributed by atoms with Gasteiger partial charge in [0.05, 0.1) is 12.5 Å². The second-order valence-corrected chi connectivity index (χ2v) is 8.37. The van der Waals surface area contributed by atoms with E-state index in [9.17, 15) is 9.59 Å². The molecule has 1 aromatic carbocycles. The molecule has 0 radical (unpaired) electrons. The van der Waals surface area contributed by atoms with Crippen LogP contribution in [0.4, 0.5) is 5.69 Å². The van der Waals surface area contributed by atoms with Crippen LogP contribution in [-0.4, -0.2) is 17.9 Å². The zero-order valence-electron chi connectivity index (χ0n) is 17.4. The summed E-state index contributed by atoms with van der Waals surface area (Å²) in [6.45, 7) is 0. The predicted octanol–water partition coefficient (Wildman–Crippen LogP) is 4.81. The normalized spacial score (nSPS) is 16.8. The number of fused-ring (bicyclic) bond motifs is 1. The van der Waals surface area contributed by atoms with E-state index in [0.29, 0.717) is 11.4 Å². The summed E-state index contributed by atoms with van der Waals surface area (Å²) in [5, 5.41) is 3.15. The summed E-state index contributed by atoms with van der Waals surface area (Å²) in [5.74, 6) is 0.00907. The number of carbonyl (C=O) groups excluding carboxylic acids is 2. The van der Waals surface area contributed by atoms with E-state index in [1.807, 2.05) is 12.1 Å². The molecule has 0 unspecified atom stereocenters. The first kappa shape index (κ1) is 19.7. The average molecular weight is 418 g/mol. The Morgan fingerprint density at radius 2 is 1.71 bits per heavy atom. The Morgan fingerprint density at radius 1 is 0.935 bits per heavy atom. The number of nitrogens with one attached hydrogen (secondary N) is 1. The van der Waals surface area contributed by atoms with Crippen molar-refractivity contribution in [3.8, 4) is 0 Å². The molecule has 2 aliphatic carbocycles. The van der Waals surface area contributed by atoms with Crippen LogP contribution in [0.5, 0.6) is 0 Å². The zero-order chi connectivity index (χ0) is 21.2. The van der Waals surface area contributed by atoms with Gasteiger partial charge in [-0.1, -0.05) is 18.9 Å². The van der Waals surface area contributed by atoms with Crippen molar-refractivity contribution >= 4 is 17.5 Å². The van der Waals surface area contributed by atoms with E-state index >= 15 is 0 Å². The largest absolute Gasteiger partial charge is 0.467 e. The van der Waals surface area contributed by atoms with Gasteiger partial charge >= 0.3 is 0 Å². The van der Waals surface area contributed by atoms with E-state index in [1.165, 1.54) is 28.6 Å². The molecular weight excluding hydrogens is 392 g/mol. The van der Waals surface area contributed by atoms with Crippen LogP contribution in [-0.2, 0) is 17.6 Å². The first-order chi connectivity index (χ1) is 15.2. The lowest BCUT2D eigenvalue weighted by Crippen LogP contribution is -2.46. The summed E-state index contributed by atoms with van der Waals surface area (Å²) < 4.78 is 11.1. The fourth-order valence-electron chi connectivity index (χ4n) is 4.78. The van der Waals surface area contributed by atoms with Crippen molar-refractivity contribution in [2.24, 2.45) is 0 Å². The maximum atomic E-state index is 13.6. The molecule has 1 N–H and O–H groups in total. The standard InChI is InChI=1S/C25H26N2O4/c28-24(26-19-8-1-2-9-19)23(21-10-4-14-30-21)27(25(29)22-11-5-15-31-22)20-13-12-17-6-3-7-18(17)16-20/h4-5,10-16,19,23H,1-3,6-9H2,(H,26,28)/t23-/m0/s1. The summed E-state index contributed by atoms with van der Waals surface area (Å²) >= 11 is 0. The Hall–Kier alpha value is -3.28. The Kier molecular flexibility index (Phi) is 5.37. The van der Waals surface area contributed by atoms with Crippen LogP contribution in [0.2, 0.25) is 0 Å². The number of aryl methyl sites for hydroxylation is 2. The van der Waals surface area contributed by atoms with Crippen molar-refractivity contribution in [3.05, 3.63) is 77.6 Å². The zero-order valence-corrected chi connectivity index (χ0v) is 17.4.